The Morgan fingerprint density at radius 1 is 1.14 bits per heavy atom. The van der Waals surface area contributed by atoms with Crippen LogP contribution in [0.25, 0.3) is 0 Å². The standard InChI is InChI=1S/C22H22N4O3/c1-15-12-17(16(2)25(15)14-19-10-7-11-29-19)13-23-26-20(27)22(3,24-21(26)28)18-8-5-4-6-9-18/h4-13H,14H2,1-3H3,(H,24,28)/b23-13-/t22-/m0/s1. The largest absolute Gasteiger partial charge is 0.467 e. The Bertz CT molecular complexity index is 1080. The predicted molar refractivity (Wildman–Crippen MR) is 108 cm³/mol. The molecule has 1 aromatic carbocycles. The summed E-state index contributed by atoms with van der Waals surface area (Å²) in [5.74, 6) is 0.442. The molecule has 0 aliphatic carbocycles. The third-order valence-corrected chi connectivity index (χ3v) is 5.34. The summed E-state index contributed by atoms with van der Waals surface area (Å²) in [6.45, 7) is 6.26. The van der Waals surface area contributed by atoms with E-state index < -0.39 is 17.5 Å². The van der Waals surface area contributed by atoms with Crippen molar-refractivity contribution >= 4 is 18.2 Å². The highest BCUT2D eigenvalue weighted by Crippen LogP contribution is 2.28. The Balaban J connectivity index is 1.58. The highest BCUT2D eigenvalue weighted by Gasteiger charge is 2.49. The smallest absolute Gasteiger partial charge is 0.346 e. The van der Waals surface area contributed by atoms with Gasteiger partial charge in [-0.1, -0.05) is 30.3 Å². The van der Waals surface area contributed by atoms with Crippen LogP contribution in [0.4, 0.5) is 4.79 Å². The number of carbonyl (C=O) groups excluding carboxylic acids is 2. The molecule has 29 heavy (non-hydrogen) atoms. The second-order valence-corrected chi connectivity index (χ2v) is 7.27. The van der Waals surface area contributed by atoms with Gasteiger partial charge in [0.15, 0.2) is 0 Å². The van der Waals surface area contributed by atoms with Crippen LogP contribution >= 0.6 is 0 Å². The van der Waals surface area contributed by atoms with E-state index in [-0.39, 0.29) is 0 Å². The molecule has 7 heteroatoms. The highest BCUT2D eigenvalue weighted by atomic mass is 16.3. The first-order chi connectivity index (χ1) is 13.9. The second-order valence-electron chi connectivity index (χ2n) is 7.27. The SMILES string of the molecule is Cc1cc(/C=N\N2C(=O)N[C@@](C)(c3ccccc3)C2=O)c(C)n1Cc1ccco1. The fourth-order valence-corrected chi connectivity index (χ4v) is 3.58. The molecule has 1 atom stereocenters. The third-order valence-electron chi connectivity index (χ3n) is 5.34. The average molecular weight is 390 g/mol. The van der Waals surface area contributed by atoms with E-state index in [0.717, 1.165) is 27.7 Å². The van der Waals surface area contributed by atoms with Crippen molar-refractivity contribution in [2.24, 2.45) is 5.10 Å². The zero-order valence-corrected chi connectivity index (χ0v) is 16.5. The molecule has 3 amide bonds. The van der Waals surface area contributed by atoms with E-state index >= 15 is 0 Å². The molecule has 1 saturated heterocycles. The van der Waals surface area contributed by atoms with Crippen molar-refractivity contribution in [1.29, 1.82) is 0 Å². The lowest BCUT2D eigenvalue weighted by Crippen LogP contribution is -2.40. The van der Waals surface area contributed by atoms with Crippen molar-refractivity contribution in [2.75, 3.05) is 0 Å². The van der Waals surface area contributed by atoms with E-state index in [2.05, 4.69) is 15.0 Å². The molecule has 1 fully saturated rings. The van der Waals surface area contributed by atoms with Crippen LogP contribution in [0, 0.1) is 13.8 Å². The van der Waals surface area contributed by atoms with Gasteiger partial charge in [0.2, 0.25) is 0 Å². The van der Waals surface area contributed by atoms with E-state index in [9.17, 15) is 9.59 Å². The molecule has 1 aliphatic rings. The number of benzene rings is 1. The first-order valence-corrected chi connectivity index (χ1v) is 9.35. The zero-order chi connectivity index (χ0) is 20.6. The molecular formula is C22H22N4O3. The van der Waals surface area contributed by atoms with Crippen molar-refractivity contribution in [3.8, 4) is 0 Å². The Hall–Kier alpha value is -3.61. The normalized spacial score (nSPS) is 19.3. The van der Waals surface area contributed by atoms with E-state index in [1.54, 1.807) is 19.4 Å². The summed E-state index contributed by atoms with van der Waals surface area (Å²) in [7, 11) is 0. The van der Waals surface area contributed by atoms with Crippen LogP contribution in [0.1, 0.15) is 35.2 Å². The number of hydrazone groups is 1. The van der Waals surface area contributed by atoms with Crippen molar-refractivity contribution in [3.05, 3.63) is 83.1 Å². The summed E-state index contributed by atoms with van der Waals surface area (Å²) in [5.41, 5.74) is 2.43. The van der Waals surface area contributed by atoms with Gasteiger partial charge in [-0.2, -0.15) is 5.10 Å². The first kappa shape index (κ1) is 18.7. The summed E-state index contributed by atoms with van der Waals surface area (Å²) in [6.07, 6.45) is 3.20. The number of hydrogen-bond donors (Lipinski definition) is 1. The number of rotatable bonds is 5. The molecule has 0 unspecified atom stereocenters. The lowest BCUT2D eigenvalue weighted by atomic mass is 9.92. The summed E-state index contributed by atoms with van der Waals surface area (Å²) in [6, 6.07) is 14.4. The van der Waals surface area contributed by atoms with Crippen molar-refractivity contribution < 1.29 is 14.0 Å². The van der Waals surface area contributed by atoms with Gasteiger partial charge in [0, 0.05) is 17.0 Å². The summed E-state index contributed by atoms with van der Waals surface area (Å²) < 4.78 is 7.53. The lowest BCUT2D eigenvalue weighted by molar-refractivity contribution is -0.131. The van der Waals surface area contributed by atoms with Gasteiger partial charge in [-0.3, -0.25) is 4.79 Å². The third kappa shape index (κ3) is 3.24. The minimum absolute atomic E-state index is 0.408. The molecule has 0 radical (unpaired) electrons. The predicted octanol–water partition coefficient (Wildman–Crippen LogP) is 3.55. The zero-order valence-electron chi connectivity index (χ0n) is 16.5. The van der Waals surface area contributed by atoms with Crippen molar-refractivity contribution in [2.45, 2.75) is 32.9 Å². The number of furan rings is 1. The number of aryl methyl sites for hydroxylation is 1. The number of urea groups is 1. The summed E-state index contributed by atoms with van der Waals surface area (Å²) in [5, 5.41) is 7.84. The van der Waals surface area contributed by atoms with Crippen molar-refractivity contribution in [1.82, 2.24) is 14.9 Å². The van der Waals surface area contributed by atoms with Crippen LogP contribution in [0.2, 0.25) is 0 Å². The average Bonchev–Trinajstić information content (AvgIpc) is 3.37. The Kier molecular flexibility index (Phi) is 4.58. The molecule has 3 aromatic rings. The fourth-order valence-electron chi connectivity index (χ4n) is 3.58. The molecule has 0 saturated carbocycles. The summed E-state index contributed by atoms with van der Waals surface area (Å²) in [4.78, 5) is 25.4. The minimum Gasteiger partial charge on any atom is -0.467 e. The molecule has 1 N–H and O–H groups in total. The molecule has 7 nitrogen and oxygen atoms in total. The lowest BCUT2D eigenvalue weighted by Gasteiger charge is -2.20. The van der Waals surface area contributed by atoms with Crippen LogP contribution in [0.15, 0.2) is 64.3 Å². The number of aromatic nitrogens is 1. The molecule has 4 rings (SSSR count). The number of carbonyl (C=O) groups is 2. The summed E-state index contributed by atoms with van der Waals surface area (Å²) >= 11 is 0. The monoisotopic (exact) mass is 390 g/mol. The van der Waals surface area contributed by atoms with Gasteiger partial charge in [-0.25, -0.2) is 4.79 Å². The Morgan fingerprint density at radius 2 is 1.90 bits per heavy atom. The number of nitrogens with zero attached hydrogens (tertiary/aromatic N) is 3. The minimum atomic E-state index is -1.13. The topological polar surface area (TPSA) is 79.8 Å². The molecule has 2 aromatic heterocycles. The van der Waals surface area contributed by atoms with Gasteiger partial charge >= 0.3 is 6.03 Å². The maximum atomic E-state index is 12.9. The highest BCUT2D eigenvalue weighted by molar-refractivity contribution is 6.07. The fraction of sp³-hybridized carbons (Fsp3) is 0.227. The molecule has 0 bridgehead atoms. The molecule has 148 valence electrons. The molecular weight excluding hydrogens is 368 g/mol. The number of amides is 3. The number of nitrogens with one attached hydrogen (secondary N) is 1. The van der Waals surface area contributed by atoms with Gasteiger partial charge in [0.05, 0.1) is 19.0 Å². The maximum Gasteiger partial charge on any atom is 0.346 e. The Labute approximate surface area is 168 Å². The van der Waals surface area contributed by atoms with Crippen LogP contribution in [-0.2, 0) is 16.9 Å². The van der Waals surface area contributed by atoms with Gasteiger partial charge in [-0.15, -0.1) is 5.01 Å². The second kappa shape index (κ2) is 7.09. The van der Waals surface area contributed by atoms with E-state index in [0.29, 0.717) is 12.1 Å². The molecule has 0 spiro atoms. The van der Waals surface area contributed by atoms with Gasteiger partial charge in [0.1, 0.15) is 11.3 Å². The van der Waals surface area contributed by atoms with E-state index in [4.69, 9.17) is 4.42 Å². The van der Waals surface area contributed by atoms with E-state index in [1.165, 1.54) is 0 Å². The maximum absolute atomic E-state index is 12.9. The van der Waals surface area contributed by atoms with Gasteiger partial charge in [0.25, 0.3) is 5.91 Å². The van der Waals surface area contributed by atoms with Crippen LogP contribution in [0.5, 0.6) is 0 Å². The van der Waals surface area contributed by atoms with Crippen molar-refractivity contribution in [3.63, 3.8) is 0 Å². The van der Waals surface area contributed by atoms with E-state index in [1.807, 2.05) is 62.4 Å². The molecule has 3 heterocycles. The number of hydrogen-bond acceptors (Lipinski definition) is 4. The van der Waals surface area contributed by atoms with Gasteiger partial charge in [-0.05, 0) is 44.5 Å². The quantitative estimate of drug-likeness (QED) is 0.534. The molecule has 1 aliphatic heterocycles. The Morgan fingerprint density at radius 3 is 2.59 bits per heavy atom. The van der Waals surface area contributed by atoms with Crippen LogP contribution in [-0.4, -0.2) is 27.7 Å². The van der Waals surface area contributed by atoms with Crippen LogP contribution < -0.4 is 5.32 Å². The van der Waals surface area contributed by atoms with Gasteiger partial charge < -0.3 is 14.3 Å². The first-order valence-electron chi connectivity index (χ1n) is 9.35. The van der Waals surface area contributed by atoms with Crippen LogP contribution in [0.3, 0.4) is 0 Å². The number of imide groups is 1.